The Labute approximate surface area is 145 Å². The van der Waals surface area contributed by atoms with Gasteiger partial charge in [-0.15, -0.1) is 14.7 Å². The molecule has 25 heavy (non-hydrogen) atoms. The van der Waals surface area contributed by atoms with Crippen LogP contribution in [0, 0.1) is 0 Å². The van der Waals surface area contributed by atoms with Crippen LogP contribution in [-0.4, -0.2) is 30.8 Å². The normalized spacial score (nSPS) is 15.2. The quantitative estimate of drug-likeness (QED) is 0.792. The van der Waals surface area contributed by atoms with Crippen molar-refractivity contribution in [3.05, 3.63) is 59.5 Å². The smallest absolute Gasteiger partial charge is 0.295 e. The lowest BCUT2D eigenvalue weighted by atomic mass is 9.95. The highest BCUT2D eigenvalue weighted by Crippen LogP contribution is 2.24. The van der Waals surface area contributed by atoms with E-state index >= 15 is 0 Å². The Bertz CT molecular complexity index is 896. The van der Waals surface area contributed by atoms with Gasteiger partial charge in [0.05, 0.1) is 11.8 Å². The summed E-state index contributed by atoms with van der Waals surface area (Å²) in [5.41, 5.74) is 2.26. The van der Waals surface area contributed by atoms with Crippen molar-refractivity contribution in [3.8, 4) is 11.1 Å². The van der Waals surface area contributed by atoms with Gasteiger partial charge >= 0.3 is 0 Å². The molecule has 0 saturated heterocycles. The fourth-order valence-electron chi connectivity index (χ4n) is 3.33. The number of hydrogen-bond acceptors (Lipinski definition) is 5. The van der Waals surface area contributed by atoms with E-state index in [0.29, 0.717) is 11.6 Å². The lowest BCUT2D eigenvalue weighted by Gasteiger charge is -2.24. The van der Waals surface area contributed by atoms with Crippen molar-refractivity contribution in [2.24, 2.45) is 0 Å². The van der Waals surface area contributed by atoms with Crippen molar-refractivity contribution < 1.29 is 0 Å². The minimum Gasteiger partial charge on any atom is -0.382 e. The van der Waals surface area contributed by atoms with Gasteiger partial charge < -0.3 is 5.32 Å². The van der Waals surface area contributed by atoms with E-state index in [-0.39, 0.29) is 5.56 Å². The predicted molar refractivity (Wildman–Crippen MR) is 95.2 cm³/mol. The Morgan fingerprint density at radius 1 is 1.08 bits per heavy atom. The van der Waals surface area contributed by atoms with Crippen LogP contribution in [0.3, 0.4) is 0 Å². The fraction of sp³-hybridized carbons (Fsp3) is 0.333. The average molecular weight is 336 g/mol. The SMILES string of the molecule is O=c1c(-c2cccc(NC3CCCCC3)c2)ccnn1-n1cncn1. The Morgan fingerprint density at radius 3 is 2.76 bits per heavy atom. The minimum atomic E-state index is -0.234. The van der Waals surface area contributed by atoms with Crippen LogP contribution in [0.2, 0.25) is 0 Å². The summed E-state index contributed by atoms with van der Waals surface area (Å²) in [7, 11) is 0. The van der Waals surface area contributed by atoms with Crippen LogP contribution in [0.25, 0.3) is 11.1 Å². The first-order valence-electron chi connectivity index (χ1n) is 8.62. The molecule has 1 saturated carbocycles. The van der Waals surface area contributed by atoms with E-state index in [0.717, 1.165) is 11.3 Å². The van der Waals surface area contributed by atoms with E-state index in [1.807, 2.05) is 18.2 Å². The van der Waals surface area contributed by atoms with Crippen LogP contribution in [0.4, 0.5) is 5.69 Å². The molecule has 128 valence electrons. The molecular weight excluding hydrogens is 316 g/mol. The molecule has 0 bridgehead atoms. The molecular formula is C18H20N6O. The van der Waals surface area contributed by atoms with Gasteiger partial charge in [0.25, 0.3) is 5.56 Å². The zero-order chi connectivity index (χ0) is 17.1. The van der Waals surface area contributed by atoms with E-state index in [2.05, 4.69) is 26.6 Å². The lowest BCUT2D eigenvalue weighted by molar-refractivity contribution is 0.463. The molecule has 1 fully saturated rings. The van der Waals surface area contributed by atoms with E-state index in [1.165, 1.54) is 54.3 Å². The van der Waals surface area contributed by atoms with Crippen molar-refractivity contribution in [1.29, 1.82) is 0 Å². The molecule has 1 aliphatic rings. The van der Waals surface area contributed by atoms with Gasteiger partial charge in [-0.1, -0.05) is 31.4 Å². The maximum absolute atomic E-state index is 12.8. The maximum Gasteiger partial charge on any atom is 0.295 e. The van der Waals surface area contributed by atoms with Crippen LogP contribution in [-0.2, 0) is 0 Å². The van der Waals surface area contributed by atoms with E-state index in [9.17, 15) is 4.79 Å². The second-order valence-corrected chi connectivity index (χ2v) is 6.32. The van der Waals surface area contributed by atoms with Crippen LogP contribution >= 0.6 is 0 Å². The summed E-state index contributed by atoms with van der Waals surface area (Å²) in [6.45, 7) is 0. The van der Waals surface area contributed by atoms with Crippen molar-refractivity contribution in [2.45, 2.75) is 38.1 Å². The van der Waals surface area contributed by atoms with Gasteiger partial charge in [-0.2, -0.15) is 5.10 Å². The third kappa shape index (κ3) is 3.31. The van der Waals surface area contributed by atoms with Gasteiger partial charge in [0, 0.05) is 11.7 Å². The number of hydrogen-bond donors (Lipinski definition) is 1. The molecule has 0 amide bonds. The summed E-state index contributed by atoms with van der Waals surface area (Å²) in [5, 5.41) is 11.6. The molecule has 0 aliphatic heterocycles. The lowest BCUT2D eigenvalue weighted by Crippen LogP contribution is -2.29. The third-order valence-corrected chi connectivity index (χ3v) is 4.58. The first-order valence-corrected chi connectivity index (χ1v) is 8.62. The van der Waals surface area contributed by atoms with Gasteiger partial charge in [0.2, 0.25) is 0 Å². The number of anilines is 1. The molecule has 2 aromatic heterocycles. The van der Waals surface area contributed by atoms with Gasteiger partial charge in [0.1, 0.15) is 12.7 Å². The Morgan fingerprint density at radius 2 is 1.96 bits per heavy atom. The van der Waals surface area contributed by atoms with Crippen molar-refractivity contribution >= 4 is 5.69 Å². The van der Waals surface area contributed by atoms with Crippen LogP contribution < -0.4 is 10.9 Å². The molecule has 4 rings (SSSR count). The molecule has 1 N–H and O–H groups in total. The highest BCUT2D eigenvalue weighted by molar-refractivity contribution is 5.67. The minimum absolute atomic E-state index is 0.234. The van der Waals surface area contributed by atoms with Crippen molar-refractivity contribution in [3.63, 3.8) is 0 Å². The summed E-state index contributed by atoms with van der Waals surface area (Å²) in [6.07, 6.45) is 10.7. The number of rotatable bonds is 4. The standard InChI is InChI=1S/C18H20N6O/c25-18-17(9-10-20-24(18)23-13-19-12-21-23)14-5-4-8-16(11-14)22-15-6-2-1-3-7-15/h4-5,8-13,15,22H,1-3,6-7H2. The molecule has 7 nitrogen and oxygen atoms in total. The highest BCUT2D eigenvalue weighted by atomic mass is 16.1. The molecule has 7 heteroatoms. The zero-order valence-corrected chi connectivity index (χ0v) is 13.9. The summed E-state index contributed by atoms with van der Waals surface area (Å²) in [4.78, 5) is 19.1. The topological polar surface area (TPSA) is 77.6 Å². The van der Waals surface area contributed by atoms with Crippen molar-refractivity contribution in [1.82, 2.24) is 24.8 Å². The van der Waals surface area contributed by atoms with Gasteiger partial charge in [-0.05, 0) is 36.6 Å². The monoisotopic (exact) mass is 336 g/mol. The van der Waals surface area contributed by atoms with Gasteiger partial charge in [-0.25, -0.2) is 4.98 Å². The first kappa shape index (κ1) is 15.6. The number of aromatic nitrogens is 5. The van der Waals surface area contributed by atoms with Crippen LogP contribution in [0.5, 0.6) is 0 Å². The molecule has 0 atom stereocenters. The molecule has 1 aromatic carbocycles. The first-order chi connectivity index (χ1) is 12.3. The molecule has 0 radical (unpaired) electrons. The summed E-state index contributed by atoms with van der Waals surface area (Å²) < 4.78 is 0. The fourth-order valence-corrected chi connectivity index (χ4v) is 3.33. The molecule has 0 spiro atoms. The highest BCUT2D eigenvalue weighted by Gasteiger charge is 2.14. The van der Waals surface area contributed by atoms with Gasteiger partial charge in [-0.3, -0.25) is 4.79 Å². The summed E-state index contributed by atoms with van der Waals surface area (Å²) in [5.74, 6) is 0. The Balaban J connectivity index is 1.65. The predicted octanol–water partition coefficient (Wildman–Crippen LogP) is 2.56. The van der Waals surface area contributed by atoms with E-state index in [1.54, 1.807) is 12.3 Å². The molecule has 1 aliphatic carbocycles. The largest absolute Gasteiger partial charge is 0.382 e. The van der Waals surface area contributed by atoms with Crippen molar-refractivity contribution in [2.75, 3.05) is 5.32 Å². The zero-order valence-electron chi connectivity index (χ0n) is 13.9. The van der Waals surface area contributed by atoms with Crippen LogP contribution in [0.1, 0.15) is 32.1 Å². The maximum atomic E-state index is 12.8. The second-order valence-electron chi connectivity index (χ2n) is 6.32. The summed E-state index contributed by atoms with van der Waals surface area (Å²) >= 11 is 0. The van der Waals surface area contributed by atoms with Gasteiger partial charge in [0.15, 0.2) is 0 Å². The second kappa shape index (κ2) is 6.88. The Kier molecular flexibility index (Phi) is 4.28. The summed E-state index contributed by atoms with van der Waals surface area (Å²) in [6, 6.07) is 10.2. The molecule has 3 aromatic rings. The average Bonchev–Trinajstić information content (AvgIpc) is 3.17. The Hall–Kier alpha value is -2.96. The van der Waals surface area contributed by atoms with Crippen LogP contribution in [0.15, 0.2) is 54.0 Å². The van der Waals surface area contributed by atoms with E-state index in [4.69, 9.17) is 0 Å². The number of nitrogens with zero attached hydrogens (tertiary/aromatic N) is 5. The number of benzene rings is 1. The molecule has 0 unspecified atom stereocenters. The number of nitrogens with one attached hydrogen (secondary N) is 1. The molecule has 2 heterocycles. The van der Waals surface area contributed by atoms with E-state index < -0.39 is 0 Å². The third-order valence-electron chi connectivity index (χ3n) is 4.58.